The predicted octanol–water partition coefficient (Wildman–Crippen LogP) is 2.13. The molecule has 124 valence electrons. The molecule has 0 unspecified atom stereocenters. The molecule has 0 radical (unpaired) electrons. The first-order chi connectivity index (χ1) is 11.2. The topological polar surface area (TPSA) is 75.6 Å². The van der Waals surface area contributed by atoms with Crippen LogP contribution in [0.15, 0.2) is 6.20 Å². The first-order valence-electron chi connectivity index (χ1n) is 8.20. The van der Waals surface area contributed by atoms with Crippen molar-refractivity contribution in [2.24, 2.45) is 7.05 Å². The Bertz CT molecular complexity index is 691. The van der Waals surface area contributed by atoms with Gasteiger partial charge in [-0.05, 0) is 31.4 Å². The van der Waals surface area contributed by atoms with Crippen LogP contribution in [-0.4, -0.2) is 38.2 Å². The van der Waals surface area contributed by atoms with E-state index >= 15 is 0 Å². The molecule has 2 N–H and O–H groups in total. The van der Waals surface area contributed by atoms with E-state index in [-0.39, 0.29) is 5.91 Å². The number of fused-ring (bicyclic) bond motifs is 3. The lowest BCUT2D eigenvalue weighted by atomic mass is 9.94. The molecule has 1 aliphatic carbocycles. The summed E-state index contributed by atoms with van der Waals surface area (Å²) in [6.45, 7) is 0.700. The van der Waals surface area contributed by atoms with Crippen molar-refractivity contribution in [2.75, 3.05) is 12.3 Å². The highest BCUT2D eigenvalue weighted by Crippen LogP contribution is 2.32. The number of unbranched alkanes of at least 4 members (excludes halogenated alkanes) is 3. The van der Waals surface area contributed by atoms with E-state index in [4.69, 9.17) is 0 Å². The molecule has 0 aromatic carbocycles. The Balaban J connectivity index is 1.62. The van der Waals surface area contributed by atoms with Gasteiger partial charge in [-0.2, -0.15) is 22.8 Å². The number of aryl methyl sites for hydroxylation is 2. The molecule has 0 fully saturated rings. The molecule has 2 heterocycles. The van der Waals surface area contributed by atoms with Crippen molar-refractivity contribution in [1.29, 1.82) is 0 Å². The number of thiol groups is 1. The Morgan fingerprint density at radius 1 is 1.35 bits per heavy atom. The zero-order valence-electron chi connectivity index (χ0n) is 13.4. The zero-order valence-corrected chi connectivity index (χ0v) is 14.3. The van der Waals surface area contributed by atoms with Crippen LogP contribution in [0.5, 0.6) is 0 Å². The zero-order chi connectivity index (χ0) is 16.2. The molecule has 0 saturated carbocycles. The third-order valence-electron chi connectivity index (χ3n) is 4.24. The number of aromatic amines is 1. The van der Waals surface area contributed by atoms with Crippen molar-refractivity contribution in [1.82, 2.24) is 25.3 Å². The van der Waals surface area contributed by atoms with Gasteiger partial charge < -0.3 is 5.32 Å². The summed E-state index contributed by atoms with van der Waals surface area (Å²) in [5, 5.41) is 14.7. The van der Waals surface area contributed by atoms with Crippen molar-refractivity contribution in [3.63, 3.8) is 0 Å². The third-order valence-corrected chi connectivity index (χ3v) is 4.56. The molecule has 0 spiro atoms. The summed E-state index contributed by atoms with van der Waals surface area (Å²) < 4.78 is 1.81. The number of hydrogen-bond donors (Lipinski definition) is 3. The van der Waals surface area contributed by atoms with Gasteiger partial charge in [-0.15, -0.1) is 0 Å². The van der Waals surface area contributed by atoms with Crippen molar-refractivity contribution < 1.29 is 4.79 Å². The van der Waals surface area contributed by atoms with Crippen molar-refractivity contribution in [2.45, 2.75) is 38.5 Å². The van der Waals surface area contributed by atoms with Crippen LogP contribution >= 0.6 is 12.6 Å². The maximum Gasteiger partial charge on any atom is 0.272 e. The van der Waals surface area contributed by atoms with Gasteiger partial charge in [0, 0.05) is 30.9 Å². The number of carbonyl (C=O) groups excluding carboxylic acids is 1. The molecular weight excluding hydrogens is 310 g/mol. The lowest BCUT2D eigenvalue weighted by Crippen LogP contribution is -2.26. The molecule has 0 atom stereocenters. The van der Waals surface area contributed by atoms with Gasteiger partial charge in [-0.3, -0.25) is 14.6 Å². The summed E-state index contributed by atoms with van der Waals surface area (Å²) in [6.07, 6.45) is 8.07. The maximum absolute atomic E-state index is 12.4. The van der Waals surface area contributed by atoms with E-state index in [1.807, 2.05) is 17.9 Å². The van der Waals surface area contributed by atoms with Gasteiger partial charge in [0.15, 0.2) is 5.69 Å². The fraction of sp³-hybridized carbons (Fsp3) is 0.562. The molecule has 0 saturated heterocycles. The molecule has 2 aromatic heterocycles. The summed E-state index contributed by atoms with van der Waals surface area (Å²) in [7, 11) is 1.91. The maximum atomic E-state index is 12.4. The van der Waals surface area contributed by atoms with Crippen LogP contribution < -0.4 is 5.32 Å². The molecular formula is C16H23N5OS. The quantitative estimate of drug-likeness (QED) is 0.537. The molecule has 0 aliphatic heterocycles. The van der Waals surface area contributed by atoms with Gasteiger partial charge >= 0.3 is 0 Å². The van der Waals surface area contributed by atoms with Crippen LogP contribution in [0.3, 0.4) is 0 Å². The highest BCUT2D eigenvalue weighted by atomic mass is 32.1. The number of H-pyrrole nitrogens is 1. The molecule has 0 bridgehead atoms. The normalized spacial score (nSPS) is 12.8. The molecule has 3 rings (SSSR count). The molecule has 7 heteroatoms. The Labute approximate surface area is 141 Å². The smallest absolute Gasteiger partial charge is 0.272 e. The molecule has 23 heavy (non-hydrogen) atoms. The van der Waals surface area contributed by atoms with Crippen molar-refractivity contribution in [3.05, 3.63) is 23.1 Å². The number of nitrogens with zero attached hydrogens (tertiary/aromatic N) is 3. The Morgan fingerprint density at radius 2 is 2.17 bits per heavy atom. The number of aromatic nitrogens is 4. The number of amides is 1. The predicted molar refractivity (Wildman–Crippen MR) is 92.9 cm³/mol. The molecule has 1 amide bonds. The summed E-state index contributed by atoms with van der Waals surface area (Å²) >= 11 is 4.20. The molecule has 2 aromatic rings. The SMILES string of the molecule is Cn1cc2c(n1)CCc1c(C(=O)NCCCCCCS)n[nH]c1-2. The van der Waals surface area contributed by atoms with Crippen LogP contribution in [0, 0.1) is 0 Å². The Morgan fingerprint density at radius 3 is 3.00 bits per heavy atom. The third kappa shape index (κ3) is 3.44. The second-order valence-corrected chi connectivity index (χ2v) is 6.43. The average molecular weight is 333 g/mol. The number of nitrogens with one attached hydrogen (secondary N) is 2. The average Bonchev–Trinajstić information content (AvgIpc) is 3.12. The second kappa shape index (κ2) is 7.21. The van der Waals surface area contributed by atoms with E-state index < -0.39 is 0 Å². The minimum atomic E-state index is -0.0796. The van der Waals surface area contributed by atoms with Crippen LogP contribution in [0.2, 0.25) is 0 Å². The van der Waals surface area contributed by atoms with Crippen molar-refractivity contribution in [3.8, 4) is 11.3 Å². The molecule has 6 nitrogen and oxygen atoms in total. The van der Waals surface area contributed by atoms with Gasteiger partial charge in [0.05, 0.1) is 11.4 Å². The monoisotopic (exact) mass is 333 g/mol. The number of rotatable bonds is 7. The van der Waals surface area contributed by atoms with Crippen LogP contribution in [0.4, 0.5) is 0 Å². The van der Waals surface area contributed by atoms with Crippen LogP contribution in [0.1, 0.15) is 47.4 Å². The standard InChI is InChI=1S/C16H23N5OS/c1-21-10-12-13(20-21)7-6-11-14(12)18-19-15(11)16(22)17-8-4-2-3-5-9-23/h10,23H,2-9H2,1H3,(H,17,22)(H,18,19). The lowest BCUT2D eigenvalue weighted by Gasteiger charge is -2.11. The lowest BCUT2D eigenvalue weighted by molar-refractivity contribution is 0.0947. The summed E-state index contributed by atoms with van der Waals surface area (Å²) in [5.41, 5.74) is 4.62. The fourth-order valence-electron chi connectivity index (χ4n) is 3.07. The van der Waals surface area contributed by atoms with E-state index in [2.05, 4.69) is 33.2 Å². The van der Waals surface area contributed by atoms with E-state index in [0.29, 0.717) is 12.2 Å². The van der Waals surface area contributed by atoms with E-state index in [1.165, 1.54) is 6.42 Å². The number of hydrogen-bond acceptors (Lipinski definition) is 4. The number of carbonyl (C=O) groups is 1. The first-order valence-corrected chi connectivity index (χ1v) is 8.83. The summed E-state index contributed by atoms with van der Waals surface area (Å²) in [5.74, 6) is 0.853. The summed E-state index contributed by atoms with van der Waals surface area (Å²) in [6, 6.07) is 0. The van der Waals surface area contributed by atoms with Gasteiger partial charge in [-0.1, -0.05) is 12.8 Å². The van der Waals surface area contributed by atoms with Gasteiger partial charge in [0.2, 0.25) is 0 Å². The van der Waals surface area contributed by atoms with Crippen LogP contribution in [0.25, 0.3) is 11.3 Å². The second-order valence-electron chi connectivity index (χ2n) is 5.98. The Hall–Kier alpha value is -1.76. The summed E-state index contributed by atoms with van der Waals surface area (Å²) in [4.78, 5) is 12.4. The van der Waals surface area contributed by atoms with E-state index in [0.717, 1.165) is 60.4 Å². The largest absolute Gasteiger partial charge is 0.351 e. The Kier molecular flexibility index (Phi) is 5.05. The van der Waals surface area contributed by atoms with E-state index in [9.17, 15) is 4.79 Å². The molecule has 1 aliphatic rings. The van der Waals surface area contributed by atoms with Gasteiger partial charge in [-0.25, -0.2) is 0 Å². The fourth-order valence-corrected chi connectivity index (χ4v) is 3.29. The minimum Gasteiger partial charge on any atom is -0.351 e. The van der Waals surface area contributed by atoms with Gasteiger partial charge in [0.25, 0.3) is 5.91 Å². The highest BCUT2D eigenvalue weighted by Gasteiger charge is 2.26. The van der Waals surface area contributed by atoms with Gasteiger partial charge in [0.1, 0.15) is 0 Å². The van der Waals surface area contributed by atoms with Crippen LogP contribution in [-0.2, 0) is 19.9 Å². The minimum absolute atomic E-state index is 0.0796. The van der Waals surface area contributed by atoms with E-state index in [1.54, 1.807) is 0 Å². The first kappa shape index (κ1) is 16.1. The highest BCUT2D eigenvalue weighted by molar-refractivity contribution is 7.80. The van der Waals surface area contributed by atoms with Crippen molar-refractivity contribution >= 4 is 18.5 Å².